The van der Waals surface area contributed by atoms with Crippen molar-refractivity contribution < 1.29 is 9.53 Å². The standard InChI is InChI=1S/C16H22N2O2.C2H6/c1-18-7-4-12-2-3-15(10-13(12)5-8-18)17-16(19)14-6-9-20-11-14;1-2/h2-3,10,14H,4-9,11H2,1H3,(H,17,19);1-2H3. The summed E-state index contributed by atoms with van der Waals surface area (Å²) in [4.78, 5) is 14.5. The molecule has 2 aliphatic heterocycles. The lowest BCUT2D eigenvalue weighted by Crippen LogP contribution is -2.22. The molecular weight excluding hydrogens is 276 g/mol. The van der Waals surface area contributed by atoms with E-state index in [2.05, 4.69) is 29.4 Å². The molecule has 122 valence electrons. The van der Waals surface area contributed by atoms with Crippen LogP contribution in [0.2, 0.25) is 0 Å². The topological polar surface area (TPSA) is 41.6 Å². The SMILES string of the molecule is CC.CN1CCc2ccc(NC(=O)C3CCOC3)cc2CC1. The summed E-state index contributed by atoms with van der Waals surface area (Å²) >= 11 is 0. The van der Waals surface area contributed by atoms with Crippen LogP contribution < -0.4 is 5.32 Å². The molecule has 0 saturated carbocycles. The Morgan fingerprint density at radius 3 is 2.64 bits per heavy atom. The van der Waals surface area contributed by atoms with Crippen LogP contribution in [0, 0.1) is 5.92 Å². The van der Waals surface area contributed by atoms with Crippen LogP contribution in [0.3, 0.4) is 0 Å². The Kier molecular flexibility index (Phi) is 6.40. The number of hydrogen-bond donors (Lipinski definition) is 1. The molecule has 0 radical (unpaired) electrons. The van der Waals surface area contributed by atoms with Crippen LogP contribution in [0.4, 0.5) is 5.69 Å². The molecule has 1 atom stereocenters. The van der Waals surface area contributed by atoms with Crippen LogP contribution in [-0.4, -0.2) is 44.2 Å². The zero-order valence-corrected chi connectivity index (χ0v) is 14.0. The second kappa shape index (κ2) is 8.30. The van der Waals surface area contributed by atoms with Crippen molar-refractivity contribution in [1.82, 2.24) is 4.90 Å². The monoisotopic (exact) mass is 304 g/mol. The number of anilines is 1. The zero-order chi connectivity index (χ0) is 15.9. The predicted octanol–water partition coefficient (Wildman–Crippen LogP) is 2.72. The third-order valence-corrected chi connectivity index (χ3v) is 4.30. The minimum atomic E-state index is 0.0138. The first-order chi connectivity index (χ1) is 10.7. The van der Waals surface area contributed by atoms with Crippen LogP contribution in [0.5, 0.6) is 0 Å². The highest BCUT2D eigenvalue weighted by atomic mass is 16.5. The summed E-state index contributed by atoms with van der Waals surface area (Å²) in [5.74, 6) is 0.105. The third kappa shape index (κ3) is 4.31. The number of nitrogens with zero attached hydrogens (tertiary/aromatic N) is 1. The van der Waals surface area contributed by atoms with Gasteiger partial charge in [0.2, 0.25) is 5.91 Å². The highest BCUT2D eigenvalue weighted by Gasteiger charge is 2.23. The predicted molar refractivity (Wildman–Crippen MR) is 90.3 cm³/mol. The van der Waals surface area contributed by atoms with Gasteiger partial charge in [-0.05, 0) is 49.6 Å². The molecular formula is C18H28N2O2. The van der Waals surface area contributed by atoms with Gasteiger partial charge < -0.3 is 15.0 Å². The molecule has 1 unspecified atom stereocenters. The van der Waals surface area contributed by atoms with E-state index in [4.69, 9.17) is 4.74 Å². The molecule has 0 spiro atoms. The van der Waals surface area contributed by atoms with Crippen LogP contribution in [0.25, 0.3) is 0 Å². The largest absolute Gasteiger partial charge is 0.381 e. The summed E-state index contributed by atoms with van der Waals surface area (Å²) in [6, 6.07) is 6.33. The van der Waals surface area contributed by atoms with E-state index in [1.165, 1.54) is 11.1 Å². The highest BCUT2D eigenvalue weighted by molar-refractivity contribution is 5.92. The Morgan fingerprint density at radius 2 is 1.95 bits per heavy atom. The van der Waals surface area contributed by atoms with Gasteiger partial charge in [-0.1, -0.05) is 19.9 Å². The second-order valence-corrected chi connectivity index (χ2v) is 5.84. The van der Waals surface area contributed by atoms with E-state index in [1.807, 2.05) is 19.9 Å². The van der Waals surface area contributed by atoms with Gasteiger partial charge in [0.1, 0.15) is 0 Å². The molecule has 0 aromatic heterocycles. The van der Waals surface area contributed by atoms with Crippen LogP contribution in [0.1, 0.15) is 31.4 Å². The average molecular weight is 304 g/mol. The molecule has 1 N–H and O–H groups in total. The third-order valence-electron chi connectivity index (χ3n) is 4.30. The van der Waals surface area contributed by atoms with Gasteiger partial charge in [0, 0.05) is 25.4 Å². The first-order valence-electron chi connectivity index (χ1n) is 8.41. The van der Waals surface area contributed by atoms with Crippen molar-refractivity contribution in [2.75, 3.05) is 38.7 Å². The quantitative estimate of drug-likeness (QED) is 0.913. The summed E-state index contributed by atoms with van der Waals surface area (Å²) in [6.45, 7) is 7.45. The first-order valence-corrected chi connectivity index (χ1v) is 8.41. The van der Waals surface area contributed by atoms with Crippen LogP contribution in [0.15, 0.2) is 18.2 Å². The molecule has 22 heavy (non-hydrogen) atoms. The van der Waals surface area contributed by atoms with Crippen molar-refractivity contribution in [1.29, 1.82) is 0 Å². The van der Waals surface area contributed by atoms with Gasteiger partial charge in [0.25, 0.3) is 0 Å². The Balaban J connectivity index is 0.000000847. The Morgan fingerprint density at radius 1 is 1.23 bits per heavy atom. The fraction of sp³-hybridized carbons (Fsp3) is 0.611. The maximum absolute atomic E-state index is 12.1. The Labute approximate surface area is 133 Å². The number of amides is 1. The smallest absolute Gasteiger partial charge is 0.229 e. The molecule has 1 amide bonds. The Hall–Kier alpha value is -1.39. The molecule has 2 aliphatic rings. The van der Waals surface area contributed by atoms with Gasteiger partial charge in [-0.3, -0.25) is 4.79 Å². The number of benzene rings is 1. The van der Waals surface area contributed by atoms with E-state index in [9.17, 15) is 4.79 Å². The van der Waals surface area contributed by atoms with Crippen molar-refractivity contribution in [3.63, 3.8) is 0 Å². The molecule has 4 nitrogen and oxygen atoms in total. The number of rotatable bonds is 2. The second-order valence-electron chi connectivity index (χ2n) is 5.84. The lowest BCUT2D eigenvalue weighted by molar-refractivity contribution is -0.119. The molecule has 1 aromatic rings. The maximum Gasteiger partial charge on any atom is 0.229 e. The summed E-state index contributed by atoms with van der Waals surface area (Å²) < 4.78 is 5.27. The summed E-state index contributed by atoms with van der Waals surface area (Å²) in [6.07, 6.45) is 2.99. The van der Waals surface area contributed by atoms with Gasteiger partial charge in [-0.25, -0.2) is 0 Å². The number of carbonyl (C=O) groups is 1. The number of carbonyl (C=O) groups excluding carboxylic acids is 1. The van der Waals surface area contributed by atoms with Gasteiger partial charge in [0.15, 0.2) is 0 Å². The molecule has 2 heterocycles. The molecule has 4 heteroatoms. The molecule has 1 aromatic carbocycles. The molecule has 1 saturated heterocycles. The fourth-order valence-corrected chi connectivity index (χ4v) is 2.90. The number of ether oxygens (including phenoxy) is 1. The van der Waals surface area contributed by atoms with E-state index in [1.54, 1.807) is 0 Å². The summed E-state index contributed by atoms with van der Waals surface area (Å²) in [7, 11) is 2.16. The maximum atomic E-state index is 12.1. The fourth-order valence-electron chi connectivity index (χ4n) is 2.90. The number of fused-ring (bicyclic) bond motifs is 1. The van der Waals surface area contributed by atoms with Gasteiger partial charge in [-0.2, -0.15) is 0 Å². The van der Waals surface area contributed by atoms with Crippen molar-refractivity contribution >= 4 is 11.6 Å². The van der Waals surface area contributed by atoms with E-state index in [0.29, 0.717) is 13.2 Å². The van der Waals surface area contributed by atoms with Gasteiger partial charge in [-0.15, -0.1) is 0 Å². The Bertz CT molecular complexity index is 496. The average Bonchev–Trinajstić information content (AvgIpc) is 3.02. The van der Waals surface area contributed by atoms with Crippen molar-refractivity contribution in [3.05, 3.63) is 29.3 Å². The molecule has 0 bridgehead atoms. The highest BCUT2D eigenvalue weighted by Crippen LogP contribution is 2.21. The molecule has 3 rings (SSSR count). The van der Waals surface area contributed by atoms with E-state index < -0.39 is 0 Å². The summed E-state index contributed by atoms with van der Waals surface area (Å²) in [5, 5.41) is 3.03. The van der Waals surface area contributed by atoms with E-state index in [-0.39, 0.29) is 11.8 Å². The van der Waals surface area contributed by atoms with Crippen molar-refractivity contribution in [3.8, 4) is 0 Å². The lowest BCUT2D eigenvalue weighted by Gasteiger charge is -2.12. The van der Waals surface area contributed by atoms with Gasteiger partial charge >= 0.3 is 0 Å². The van der Waals surface area contributed by atoms with E-state index >= 15 is 0 Å². The molecule has 1 fully saturated rings. The lowest BCUT2D eigenvalue weighted by atomic mass is 10.0. The van der Waals surface area contributed by atoms with Crippen LogP contribution in [-0.2, 0) is 22.4 Å². The van der Waals surface area contributed by atoms with E-state index in [0.717, 1.165) is 38.0 Å². The first kappa shape index (κ1) is 17.0. The van der Waals surface area contributed by atoms with Crippen molar-refractivity contribution in [2.24, 2.45) is 5.92 Å². The molecule has 0 aliphatic carbocycles. The summed E-state index contributed by atoms with van der Waals surface area (Å²) in [5.41, 5.74) is 3.71. The van der Waals surface area contributed by atoms with Crippen LogP contribution >= 0.6 is 0 Å². The minimum absolute atomic E-state index is 0.0138. The number of nitrogens with one attached hydrogen (secondary N) is 1. The number of hydrogen-bond acceptors (Lipinski definition) is 3. The number of likely N-dealkylation sites (N-methyl/N-ethyl adjacent to an activating group) is 1. The van der Waals surface area contributed by atoms with Crippen molar-refractivity contribution in [2.45, 2.75) is 33.1 Å². The zero-order valence-electron chi connectivity index (χ0n) is 14.0. The normalized spacial score (nSPS) is 21.3. The minimum Gasteiger partial charge on any atom is -0.381 e. The van der Waals surface area contributed by atoms with Gasteiger partial charge in [0.05, 0.1) is 12.5 Å².